The van der Waals surface area contributed by atoms with Gasteiger partial charge in [-0.15, -0.1) is 0 Å². The van der Waals surface area contributed by atoms with Crippen LogP contribution in [0.25, 0.3) is 0 Å². The van der Waals surface area contributed by atoms with Crippen LogP contribution in [0.2, 0.25) is 0 Å². The summed E-state index contributed by atoms with van der Waals surface area (Å²) in [4.78, 5) is 0. The molecule has 0 saturated heterocycles. The number of hydrazone groups is 1. The molecular weight excluding hydrogens is 373 g/mol. The third-order valence-corrected chi connectivity index (χ3v) is 2.80. The van der Waals surface area contributed by atoms with Crippen LogP contribution >= 0.6 is 0 Å². The van der Waals surface area contributed by atoms with Gasteiger partial charge in [0, 0.05) is 0 Å². The van der Waals surface area contributed by atoms with E-state index in [0.717, 1.165) is 0 Å². The van der Waals surface area contributed by atoms with Crippen LogP contribution in [0, 0.1) is 0 Å². The molecule has 0 atom stereocenters. The van der Waals surface area contributed by atoms with Gasteiger partial charge in [-0.05, 0) is 44.5 Å². The van der Waals surface area contributed by atoms with Gasteiger partial charge in [0.2, 0.25) is 0 Å². The van der Waals surface area contributed by atoms with Crippen molar-refractivity contribution in [2.24, 2.45) is 5.10 Å². The summed E-state index contributed by atoms with van der Waals surface area (Å²) in [5.74, 6) is -5.71. The third-order valence-electron chi connectivity index (χ3n) is 2.80. The lowest BCUT2D eigenvalue weighted by Gasteiger charge is -2.27. The van der Waals surface area contributed by atoms with Crippen LogP contribution in [-0.4, -0.2) is 37.1 Å². The maximum atomic E-state index is 13.1. The van der Waals surface area contributed by atoms with Gasteiger partial charge in [0.05, 0.1) is 18.9 Å². The molecule has 0 amide bonds. The van der Waals surface area contributed by atoms with Crippen molar-refractivity contribution in [1.82, 2.24) is 5.43 Å². The van der Waals surface area contributed by atoms with Crippen LogP contribution < -0.4 is 14.9 Å². The molecule has 1 aromatic rings. The lowest BCUT2D eigenvalue weighted by Crippen LogP contribution is -2.58. The molecule has 1 N–H and O–H groups in total. The fourth-order valence-electron chi connectivity index (χ4n) is 1.66. The van der Waals surface area contributed by atoms with E-state index in [-0.39, 0.29) is 24.0 Å². The predicted molar refractivity (Wildman–Crippen MR) is 80.1 cm³/mol. The van der Waals surface area contributed by atoms with Crippen molar-refractivity contribution in [3.8, 4) is 11.5 Å². The highest BCUT2D eigenvalue weighted by molar-refractivity contribution is 5.80. The second kappa shape index (κ2) is 8.00. The maximum Gasteiger partial charge on any atom is 0.462 e. The summed E-state index contributed by atoms with van der Waals surface area (Å²) < 4.78 is 98.4. The molecule has 11 heteroatoms. The summed E-state index contributed by atoms with van der Waals surface area (Å²) in [5, 5.41) is 2.78. The average Bonchev–Trinajstić information content (AvgIpc) is 2.48. The van der Waals surface area contributed by atoms with Crippen molar-refractivity contribution in [2.45, 2.75) is 45.0 Å². The van der Waals surface area contributed by atoms with E-state index in [1.165, 1.54) is 18.2 Å². The van der Waals surface area contributed by atoms with Gasteiger partial charge in [0.15, 0.2) is 11.5 Å². The normalized spacial score (nSPS) is 13.3. The van der Waals surface area contributed by atoms with Crippen LogP contribution in [0.4, 0.5) is 30.7 Å². The van der Waals surface area contributed by atoms with Gasteiger partial charge >= 0.3 is 18.1 Å². The van der Waals surface area contributed by atoms with Gasteiger partial charge in [-0.3, -0.25) is 0 Å². The SMILES string of the molecule is CCOc1cc(/C=N\NC(F)(F)C(F)(F)C(F)(F)F)ccc1OC(C)C. The number of nitrogens with zero attached hydrogens (tertiary/aromatic N) is 1. The fraction of sp³-hybridized carbons (Fsp3) is 0.533. The van der Waals surface area contributed by atoms with E-state index >= 15 is 0 Å². The number of hydrogen-bond acceptors (Lipinski definition) is 4. The quantitative estimate of drug-likeness (QED) is 0.306. The first-order valence-corrected chi connectivity index (χ1v) is 7.38. The largest absolute Gasteiger partial charge is 0.490 e. The molecule has 0 fully saturated rings. The first kappa shape index (κ1) is 21.8. The third kappa shape index (κ3) is 5.15. The van der Waals surface area contributed by atoms with Crippen molar-refractivity contribution < 1.29 is 40.2 Å². The average molecular weight is 390 g/mol. The molecule has 0 spiro atoms. The van der Waals surface area contributed by atoms with Gasteiger partial charge < -0.3 is 9.47 Å². The Bertz CT molecular complexity index is 631. The number of benzene rings is 1. The standard InChI is InChI=1S/C15H17F7N2O2/c1-4-25-12-7-10(5-6-11(12)26-9(2)3)8-23-24-15(21,22)13(16,17)14(18,19)20/h5-9,24H,4H2,1-3H3/b23-8-. The Morgan fingerprint density at radius 2 is 1.69 bits per heavy atom. The molecule has 0 aliphatic rings. The van der Waals surface area contributed by atoms with E-state index in [1.807, 2.05) is 0 Å². The van der Waals surface area contributed by atoms with Gasteiger partial charge in [0.1, 0.15) is 0 Å². The van der Waals surface area contributed by atoms with Crippen molar-refractivity contribution in [2.75, 3.05) is 6.61 Å². The number of halogens is 7. The van der Waals surface area contributed by atoms with E-state index in [0.29, 0.717) is 17.4 Å². The molecule has 4 nitrogen and oxygen atoms in total. The molecule has 0 aliphatic heterocycles. The number of alkyl halides is 7. The number of rotatable bonds is 8. The molecule has 0 aromatic heterocycles. The van der Waals surface area contributed by atoms with Crippen molar-refractivity contribution in [1.29, 1.82) is 0 Å². The monoisotopic (exact) mass is 390 g/mol. The molecule has 1 aromatic carbocycles. The molecule has 0 bridgehead atoms. The Balaban J connectivity index is 2.96. The molecule has 26 heavy (non-hydrogen) atoms. The van der Waals surface area contributed by atoms with E-state index < -0.39 is 18.1 Å². The Morgan fingerprint density at radius 3 is 2.19 bits per heavy atom. The highest BCUT2D eigenvalue weighted by atomic mass is 19.4. The van der Waals surface area contributed by atoms with Gasteiger partial charge in [-0.25, -0.2) is 5.43 Å². The molecule has 1 rings (SSSR count). The number of ether oxygens (including phenoxy) is 2. The van der Waals surface area contributed by atoms with E-state index in [1.54, 1.807) is 20.8 Å². The van der Waals surface area contributed by atoms with Crippen LogP contribution in [0.5, 0.6) is 11.5 Å². The van der Waals surface area contributed by atoms with Crippen molar-refractivity contribution in [3.63, 3.8) is 0 Å². The van der Waals surface area contributed by atoms with E-state index in [9.17, 15) is 30.7 Å². The van der Waals surface area contributed by atoms with Crippen LogP contribution in [0.1, 0.15) is 26.3 Å². The van der Waals surface area contributed by atoms with Crippen molar-refractivity contribution >= 4 is 6.21 Å². The van der Waals surface area contributed by atoms with E-state index in [4.69, 9.17) is 9.47 Å². The second-order valence-electron chi connectivity index (χ2n) is 5.32. The number of hydrogen-bond donors (Lipinski definition) is 1. The zero-order chi connectivity index (χ0) is 20.2. The van der Waals surface area contributed by atoms with Gasteiger partial charge in [-0.2, -0.15) is 35.8 Å². The Morgan fingerprint density at radius 1 is 1.08 bits per heavy atom. The minimum Gasteiger partial charge on any atom is -0.490 e. The summed E-state index contributed by atoms with van der Waals surface area (Å²) in [6.45, 7) is 5.46. The predicted octanol–water partition coefficient (Wildman–Crippen LogP) is 4.59. The summed E-state index contributed by atoms with van der Waals surface area (Å²) in [7, 11) is 0. The molecule has 0 unspecified atom stereocenters. The minimum atomic E-state index is -6.43. The summed E-state index contributed by atoms with van der Waals surface area (Å²) >= 11 is 0. The Hall–Kier alpha value is -2.20. The zero-order valence-electron chi connectivity index (χ0n) is 14.0. The van der Waals surface area contributed by atoms with Crippen LogP contribution in [0.15, 0.2) is 23.3 Å². The van der Waals surface area contributed by atoms with Crippen molar-refractivity contribution in [3.05, 3.63) is 23.8 Å². The molecule has 148 valence electrons. The fourth-order valence-corrected chi connectivity index (χ4v) is 1.66. The van der Waals surface area contributed by atoms with E-state index in [2.05, 4.69) is 5.10 Å². The second-order valence-corrected chi connectivity index (χ2v) is 5.32. The first-order chi connectivity index (χ1) is 11.8. The highest BCUT2D eigenvalue weighted by Crippen LogP contribution is 2.45. The Labute approximate surface area is 145 Å². The van der Waals surface area contributed by atoms with Gasteiger partial charge in [0.25, 0.3) is 0 Å². The molecule has 0 aliphatic carbocycles. The minimum absolute atomic E-state index is 0.114. The van der Waals surface area contributed by atoms with Crippen LogP contribution in [-0.2, 0) is 0 Å². The summed E-state index contributed by atoms with van der Waals surface area (Å²) in [6, 6.07) is -1.54. The molecule has 0 radical (unpaired) electrons. The number of nitrogens with one attached hydrogen (secondary N) is 1. The highest BCUT2D eigenvalue weighted by Gasteiger charge is 2.73. The zero-order valence-corrected chi connectivity index (χ0v) is 14.0. The van der Waals surface area contributed by atoms with Crippen LogP contribution in [0.3, 0.4) is 0 Å². The summed E-state index contributed by atoms with van der Waals surface area (Å²) in [6.07, 6.45) is -5.96. The topological polar surface area (TPSA) is 42.8 Å². The lowest BCUT2D eigenvalue weighted by atomic mass is 10.2. The van der Waals surface area contributed by atoms with Gasteiger partial charge in [-0.1, -0.05) is 0 Å². The molecule has 0 saturated carbocycles. The summed E-state index contributed by atoms with van der Waals surface area (Å²) in [5.41, 5.74) is 0.661. The Kier molecular flexibility index (Phi) is 6.72. The molecular formula is C15H17F7N2O2. The molecule has 0 heterocycles. The smallest absolute Gasteiger partial charge is 0.462 e. The first-order valence-electron chi connectivity index (χ1n) is 7.38. The maximum absolute atomic E-state index is 13.1. The lowest BCUT2D eigenvalue weighted by molar-refractivity contribution is -0.361.